The number of carbonyl (C=O) groups excluding carboxylic acids is 1. The first-order valence-electron chi connectivity index (χ1n) is 11.6. The van der Waals surface area contributed by atoms with Crippen LogP contribution in [0.5, 0.6) is 0 Å². The molecule has 0 bridgehead atoms. The molecule has 2 N–H and O–H groups in total. The van der Waals surface area contributed by atoms with Gasteiger partial charge in [0.05, 0.1) is 12.3 Å². The summed E-state index contributed by atoms with van der Waals surface area (Å²) in [7, 11) is 0. The lowest BCUT2D eigenvalue weighted by Crippen LogP contribution is -2.60. The first-order chi connectivity index (χ1) is 12.8. The normalized spacial score (nSPS) is 23.7. The maximum Gasteiger partial charge on any atom is 0.225 e. The number of piperidine rings is 2. The van der Waals surface area contributed by atoms with Crippen LogP contribution in [0.15, 0.2) is 0 Å². The van der Waals surface area contributed by atoms with Gasteiger partial charge in [-0.05, 0) is 58.0 Å². The van der Waals surface area contributed by atoms with Crippen molar-refractivity contribution >= 4 is 5.91 Å². The zero-order valence-corrected chi connectivity index (χ0v) is 17.2. The van der Waals surface area contributed by atoms with Crippen LogP contribution in [0.2, 0.25) is 0 Å². The lowest BCUT2D eigenvalue weighted by Gasteiger charge is -2.42. The molecule has 0 aromatic rings. The zero-order valence-electron chi connectivity index (χ0n) is 17.2. The van der Waals surface area contributed by atoms with Crippen LogP contribution >= 0.6 is 0 Å². The van der Waals surface area contributed by atoms with Crippen LogP contribution in [0.3, 0.4) is 0 Å². The molecule has 152 valence electrons. The molecule has 2 unspecified atom stereocenters. The monoisotopic (exact) mass is 365 g/mol. The van der Waals surface area contributed by atoms with Crippen molar-refractivity contribution in [1.82, 2.24) is 15.5 Å². The molecule has 2 heterocycles. The Morgan fingerprint density at radius 3 is 1.73 bits per heavy atom. The van der Waals surface area contributed by atoms with Crippen LogP contribution in [0, 0.1) is 0 Å². The van der Waals surface area contributed by atoms with Gasteiger partial charge in [0.25, 0.3) is 0 Å². The number of amides is 1. The Bertz CT molecular complexity index is 344. The standard InChI is InChI=1S/C22H43N3O/c1-2-3-4-5-6-7-8-9-10-17-22(26)25(20-15-11-13-18-23-20)21-16-12-14-19-24-21/h20-21,23-24H,2-19H2,1H3. The van der Waals surface area contributed by atoms with Crippen LogP contribution in [-0.4, -0.2) is 36.2 Å². The maximum atomic E-state index is 13.0. The number of hydrogen-bond acceptors (Lipinski definition) is 3. The van der Waals surface area contributed by atoms with E-state index < -0.39 is 0 Å². The van der Waals surface area contributed by atoms with Gasteiger partial charge >= 0.3 is 0 Å². The lowest BCUT2D eigenvalue weighted by atomic mass is 10.0. The minimum atomic E-state index is 0.255. The fourth-order valence-electron chi connectivity index (χ4n) is 4.42. The molecule has 0 aromatic carbocycles. The molecule has 2 fully saturated rings. The molecule has 2 rings (SSSR count). The molecule has 0 aliphatic carbocycles. The second-order valence-corrected chi connectivity index (χ2v) is 8.31. The van der Waals surface area contributed by atoms with Crippen molar-refractivity contribution in [3.8, 4) is 0 Å². The van der Waals surface area contributed by atoms with Crippen molar-refractivity contribution in [3.05, 3.63) is 0 Å². The van der Waals surface area contributed by atoms with E-state index in [0.29, 0.717) is 5.91 Å². The highest BCUT2D eigenvalue weighted by atomic mass is 16.2. The van der Waals surface area contributed by atoms with E-state index in [0.717, 1.165) is 38.8 Å². The Labute approximate surface area is 161 Å². The van der Waals surface area contributed by atoms with E-state index in [1.165, 1.54) is 77.0 Å². The van der Waals surface area contributed by atoms with E-state index >= 15 is 0 Å². The van der Waals surface area contributed by atoms with Crippen LogP contribution < -0.4 is 10.6 Å². The van der Waals surface area contributed by atoms with Gasteiger partial charge in [-0.2, -0.15) is 0 Å². The molecule has 2 aliphatic rings. The van der Waals surface area contributed by atoms with Gasteiger partial charge in [-0.3, -0.25) is 15.4 Å². The number of hydrogen-bond donors (Lipinski definition) is 2. The Kier molecular flexibility index (Phi) is 11.3. The third-order valence-corrected chi connectivity index (χ3v) is 6.02. The minimum absolute atomic E-state index is 0.255. The van der Waals surface area contributed by atoms with Crippen molar-refractivity contribution in [3.63, 3.8) is 0 Å². The summed E-state index contributed by atoms with van der Waals surface area (Å²) >= 11 is 0. The van der Waals surface area contributed by atoms with Gasteiger partial charge in [0, 0.05) is 6.42 Å². The Morgan fingerprint density at radius 1 is 0.769 bits per heavy atom. The molecule has 4 nitrogen and oxygen atoms in total. The van der Waals surface area contributed by atoms with Crippen LogP contribution in [0.25, 0.3) is 0 Å². The molecule has 2 aliphatic heterocycles. The van der Waals surface area contributed by atoms with Gasteiger partial charge in [-0.25, -0.2) is 0 Å². The number of nitrogens with one attached hydrogen (secondary N) is 2. The SMILES string of the molecule is CCCCCCCCCCCC(=O)N(C1CCCCN1)C1CCCCN1. The molecular formula is C22H43N3O. The summed E-state index contributed by atoms with van der Waals surface area (Å²) in [6.45, 7) is 4.38. The maximum absolute atomic E-state index is 13.0. The highest BCUT2D eigenvalue weighted by Crippen LogP contribution is 2.21. The second-order valence-electron chi connectivity index (χ2n) is 8.31. The van der Waals surface area contributed by atoms with Gasteiger partial charge in [-0.1, -0.05) is 58.3 Å². The highest BCUT2D eigenvalue weighted by molar-refractivity contribution is 5.76. The molecule has 0 saturated carbocycles. The quantitative estimate of drug-likeness (QED) is 0.482. The molecule has 2 saturated heterocycles. The van der Waals surface area contributed by atoms with Crippen molar-refractivity contribution in [2.75, 3.05) is 13.1 Å². The third-order valence-electron chi connectivity index (χ3n) is 6.02. The lowest BCUT2D eigenvalue weighted by molar-refractivity contribution is -0.139. The van der Waals surface area contributed by atoms with Crippen molar-refractivity contribution in [1.29, 1.82) is 0 Å². The minimum Gasteiger partial charge on any atom is -0.312 e. The average Bonchev–Trinajstić information content (AvgIpc) is 2.68. The topological polar surface area (TPSA) is 44.4 Å². The Balaban J connectivity index is 1.67. The van der Waals surface area contributed by atoms with Crippen LogP contribution in [0.4, 0.5) is 0 Å². The van der Waals surface area contributed by atoms with E-state index in [1.54, 1.807) is 0 Å². The number of unbranched alkanes of at least 4 members (excludes halogenated alkanes) is 8. The molecule has 0 aromatic heterocycles. The van der Waals surface area contributed by atoms with E-state index in [4.69, 9.17) is 0 Å². The molecule has 0 radical (unpaired) electrons. The molecule has 26 heavy (non-hydrogen) atoms. The van der Waals surface area contributed by atoms with E-state index in [9.17, 15) is 4.79 Å². The van der Waals surface area contributed by atoms with Crippen LogP contribution in [-0.2, 0) is 4.79 Å². The average molecular weight is 366 g/mol. The number of nitrogens with zero attached hydrogens (tertiary/aromatic N) is 1. The van der Waals surface area contributed by atoms with Crippen molar-refractivity contribution in [2.24, 2.45) is 0 Å². The summed E-state index contributed by atoms with van der Waals surface area (Å²) in [5, 5.41) is 7.20. The predicted octanol–water partition coefficient (Wildman–Crippen LogP) is 4.94. The van der Waals surface area contributed by atoms with Crippen molar-refractivity contribution < 1.29 is 4.79 Å². The van der Waals surface area contributed by atoms with E-state index in [-0.39, 0.29) is 12.3 Å². The van der Waals surface area contributed by atoms with Gasteiger partial charge in [0.1, 0.15) is 0 Å². The Hall–Kier alpha value is -0.610. The number of rotatable bonds is 12. The molecule has 2 atom stereocenters. The molecule has 0 spiro atoms. The van der Waals surface area contributed by atoms with Gasteiger partial charge in [-0.15, -0.1) is 0 Å². The van der Waals surface area contributed by atoms with Crippen molar-refractivity contribution in [2.45, 2.75) is 122 Å². The van der Waals surface area contributed by atoms with Gasteiger partial charge in [0.15, 0.2) is 0 Å². The molecular weight excluding hydrogens is 322 g/mol. The summed E-state index contributed by atoms with van der Waals surface area (Å²) < 4.78 is 0. The fourth-order valence-corrected chi connectivity index (χ4v) is 4.42. The smallest absolute Gasteiger partial charge is 0.225 e. The van der Waals surface area contributed by atoms with E-state index in [1.807, 2.05) is 0 Å². The first-order valence-corrected chi connectivity index (χ1v) is 11.6. The summed E-state index contributed by atoms with van der Waals surface area (Å²) in [6.07, 6.45) is 20.2. The van der Waals surface area contributed by atoms with Gasteiger partial charge < -0.3 is 4.90 Å². The predicted molar refractivity (Wildman–Crippen MR) is 110 cm³/mol. The third kappa shape index (κ3) is 7.96. The Morgan fingerprint density at radius 2 is 1.27 bits per heavy atom. The summed E-state index contributed by atoms with van der Waals surface area (Å²) in [5.74, 6) is 0.367. The molecule has 4 heteroatoms. The zero-order chi connectivity index (χ0) is 18.5. The molecule has 1 amide bonds. The summed E-state index contributed by atoms with van der Waals surface area (Å²) in [5.41, 5.74) is 0. The van der Waals surface area contributed by atoms with E-state index in [2.05, 4.69) is 22.5 Å². The first kappa shape index (κ1) is 21.7. The number of carbonyl (C=O) groups is 1. The summed E-state index contributed by atoms with van der Waals surface area (Å²) in [6, 6.07) is 0. The summed E-state index contributed by atoms with van der Waals surface area (Å²) in [4.78, 5) is 15.2. The second kappa shape index (κ2) is 13.5. The largest absolute Gasteiger partial charge is 0.312 e. The highest BCUT2D eigenvalue weighted by Gasteiger charge is 2.31. The van der Waals surface area contributed by atoms with Crippen LogP contribution in [0.1, 0.15) is 110 Å². The van der Waals surface area contributed by atoms with Gasteiger partial charge in [0.2, 0.25) is 5.91 Å². The fraction of sp³-hybridized carbons (Fsp3) is 0.955.